The first-order chi connectivity index (χ1) is 8.99. The van der Waals surface area contributed by atoms with Crippen LogP contribution in [0.5, 0.6) is 0 Å². The number of halogens is 1. The molecule has 19 heavy (non-hydrogen) atoms. The van der Waals surface area contributed by atoms with Crippen molar-refractivity contribution in [2.45, 2.75) is 13.3 Å². The number of ether oxygens (including phenoxy) is 1. The number of hydrogen-bond donors (Lipinski definition) is 2. The van der Waals surface area contributed by atoms with E-state index in [1.165, 1.54) is 12.1 Å². The predicted molar refractivity (Wildman–Crippen MR) is 75.6 cm³/mol. The van der Waals surface area contributed by atoms with Crippen molar-refractivity contribution in [3.8, 4) is 0 Å². The lowest BCUT2D eigenvalue weighted by Crippen LogP contribution is -2.17. The standard InChI is InChI=1S/C13H14BrNO4/c1-3-5-19-13(18)15-11-8(4-2)6-9(14)7-10(11)12(16)17/h3,6-7H,1,4-5H2,2H3,(H,15,18)(H,16,17). The van der Waals surface area contributed by atoms with Crippen molar-refractivity contribution in [3.63, 3.8) is 0 Å². The number of rotatable bonds is 5. The molecule has 0 saturated carbocycles. The van der Waals surface area contributed by atoms with Gasteiger partial charge < -0.3 is 9.84 Å². The highest BCUT2D eigenvalue weighted by Gasteiger charge is 2.17. The van der Waals surface area contributed by atoms with Gasteiger partial charge in [-0.1, -0.05) is 35.5 Å². The van der Waals surface area contributed by atoms with E-state index in [-0.39, 0.29) is 17.9 Å². The highest BCUT2D eigenvalue weighted by atomic mass is 79.9. The maximum absolute atomic E-state index is 11.5. The summed E-state index contributed by atoms with van der Waals surface area (Å²) in [6.07, 6.45) is 1.30. The van der Waals surface area contributed by atoms with Crippen molar-refractivity contribution in [1.82, 2.24) is 0 Å². The third-order valence-corrected chi connectivity index (χ3v) is 2.81. The van der Waals surface area contributed by atoms with Gasteiger partial charge in [0.1, 0.15) is 6.61 Å². The van der Waals surface area contributed by atoms with Gasteiger partial charge in [0.05, 0.1) is 11.3 Å². The Morgan fingerprint density at radius 3 is 2.74 bits per heavy atom. The SMILES string of the molecule is C=CCOC(=O)Nc1c(CC)cc(Br)cc1C(=O)O. The number of carbonyl (C=O) groups excluding carboxylic acids is 1. The van der Waals surface area contributed by atoms with Crippen LogP contribution in [0.3, 0.4) is 0 Å². The summed E-state index contributed by atoms with van der Waals surface area (Å²) in [6, 6.07) is 3.19. The molecule has 0 unspecified atom stereocenters. The first-order valence-corrected chi connectivity index (χ1v) is 6.39. The predicted octanol–water partition coefficient (Wildman–Crippen LogP) is 3.44. The first kappa shape index (κ1) is 15.2. The lowest BCUT2D eigenvalue weighted by atomic mass is 10.1. The molecule has 0 bridgehead atoms. The number of carboxylic acid groups (broad SMARTS) is 1. The molecule has 6 heteroatoms. The van der Waals surface area contributed by atoms with E-state index in [2.05, 4.69) is 27.8 Å². The highest BCUT2D eigenvalue weighted by Crippen LogP contribution is 2.27. The van der Waals surface area contributed by atoms with Crippen molar-refractivity contribution in [1.29, 1.82) is 0 Å². The van der Waals surface area contributed by atoms with Gasteiger partial charge in [-0.05, 0) is 24.1 Å². The number of nitrogens with one attached hydrogen (secondary N) is 1. The summed E-state index contributed by atoms with van der Waals surface area (Å²) >= 11 is 3.24. The van der Waals surface area contributed by atoms with E-state index in [9.17, 15) is 9.59 Å². The molecule has 0 aliphatic heterocycles. The quantitative estimate of drug-likeness (QED) is 0.812. The third-order valence-electron chi connectivity index (χ3n) is 2.36. The molecule has 0 aliphatic carbocycles. The molecule has 102 valence electrons. The van der Waals surface area contributed by atoms with Gasteiger partial charge in [-0.25, -0.2) is 9.59 Å². The molecule has 2 N–H and O–H groups in total. The number of carbonyl (C=O) groups is 2. The minimum atomic E-state index is -1.12. The van der Waals surface area contributed by atoms with Crippen LogP contribution in [0.25, 0.3) is 0 Å². The molecule has 1 amide bonds. The molecule has 0 fully saturated rings. The van der Waals surface area contributed by atoms with Crippen molar-refractivity contribution in [2.24, 2.45) is 0 Å². The Labute approximate surface area is 119 Å². The summed E-state index contributed by atoms with van der Waals surface area (Å²) in [4.78, 5) is 22.7. The Kier molecular flexibility index (Phi) is 5.57. The zero-order valence-electron chi connectivity index (χ0n) is 10.4. The molecule has 1 aromatic carbocycles. The van der Waals surface area contributed by atoms with Crippen LogP contribution < -0.4 is 5.32 Å². The zero-order chi connectivity index (χ0) is 14.4. The van der Waals surface area contributed by atoms with Crippen LogP contribution in [-0.4, -0.2) is 23.8 Å². The van der Waals surface area contributed by atoms with Crippen LogP contribution in [-0.2, 0) is 11.2 Å². The fourth-order valence-electron chi connectivity index (χ4n) is 1.53. The molecule has 0 aromatic heterocycles. The van der Waals surface area contributed by atoms with Crippen LogP contribution in [0, 0.1) is 0 Å². The average Bonchev–Trinajstić information content (AvgIpc) is 2.37. The van der Waals surface area contributed by atoms with E-state index in [1.807, 2.05) is 6.92 Å². The molecule has 1 aromatic rings. The second kappa shape index (κ2) is 6.94. The summed E-state index contributed by atoms with van der Waals surface area (Å²) in [5.41, 5.74) is 0.983. The second-order valence-corrected chi connectivity index (χ2v) is 4.57. The Balaban J connectivity index is 3.12. The third kappa shape index (κ3) is 4.10. The molecule has 0 heterocycles. The molecule has 0 saturated heterocycles. The van der Waals surface area contributed by atoms with Gasteiger partial charge in [0.25, 0.3) is 0 Å². The van der Waals surface area contributed by atoms with E-state index in [0.29, 0.717) is 16.5 Å². The summed E-state index contributed by atoms with van der Waals surface area (Å²) in [6.45, 7) is 5.36. The summed E-state index contributed by atoms with van der Waals surface area (Å²) in [5, 5.41) is 11.6. The number of anilines is 1. The van der Waals surface area contributed by atoms with Gasteiger partial charge in [-0.3, -0.25) is 5.32 Å². The van der Waals surface area contributed by atoms with Gasteiger partial charge in [-0.15, -0.1) is 0 Å². The van der Waals surface area contributed by atoms with Gasteiger partial charge in [0, 0.05) is 4.47 Å². The van der Waals surface area contributed by atoms with Crippen LogP contribution in [0.2, 0.25) is 0 Å². The lowest BCUT2D eigenvalue weighted by Gasteiger charge is -2.13. The maximum atomic E-state index is 11.5. The smallest absolute Gasteiger partial charge is 0.411 e. The van der Waals surface area contributed by atoms with Crippen LogP contribution in [0.1, 0.15) is 22.8 Å². The van der Waals surface area contributed by atoms with E-state index < -0.39 is 12.1 Å². The maximum Gasteiger partial charge on any atom is 0.411 e. The fraction of sp³-hybridized carbons (Fsp3) is 0.231. The largest absolute Gasteiger partial charge is 0.478 e. The van der Waals surface area contributed by atoms with Gasteiger partial charge in [-0.2, -0.15) is 0 Å². The fourth-order valence-corrected chi connectivity index (χ4v) is 2.04. The van der Waals surface area contributed by atoms with E-state index in [1.54, 1.807) is 6.07 Å². The first-order valence-electron chi connectivity index (χ1n) is 5.60. The molecule has 5 nitrogen and oxygen atoms in total. The van der Waals surface area contributed by atoms with E-state index >= 15 is 0 Å². The van der Waals surface area contributed by atoms with Gasteiger partial charge in [0.2, 0.25) is 0 Å². The minimum Gasteiger partial charge on any atom is -0.478 e. The summed E-state index contributed by atoms with van der Waals surface area (Å²) in [5.74, 6) is -1.12. The molecule has 1 rings (SSSR count). The van der Waals surface area contributed by atoms with Gasteiger partial charge >= 0.3 is 12.1 Å². The second-order valence-electron chi connectivity index (χ2n) is 3.66. The Hall–Kier alpha value is -1.82. The molecule has 0 radical (unpaired) electrons. The molecule has 0 atom stereocenters. The number of aryl methyl sites for hydroxylation is 1. The van der Waals surface area contributed by atoms with Crippen molar-refractivity contribution in [3.05, 3.63) is 40.4 Å². The Morgan fingerprint density at radius 1 is 1.53 bits per heavy atom. The highest BCUT2D eigenvalue weighted by molar-refractivity contribution is 9.10. The van der Waals surface area contributed by atoms with Crippen LogP contribution in [0.4, 0.5) is 10.5 Å². The monoisotopic (exact) mass is 327 g/mol. The molecule has 0 spiro atoms. The number of amides is 1. The molecule has 0 aliphatic rings. The van der Waals surface area contributed by atoms with Crippen molar-refractivity contribution < 1.29 is 19.4 Å². The molecular weight excluding hydrogens is 314 g/mol. The van der Waals surface area contributed by atoms with Crippen LogP contribution in [0.15, 0.2) is 29.3 Å². The van der Waals surface area contributed by atoms with E-state index in [0.717, 1.165) is 0 Å². The van der Waals surface area contributed by atoms with Gasteiger partial charge in [0.15, 0.2) is 0 Å². The van der Waals surface area contributed by atoms with Crippen LogP contribution >= 0.6 is 15.9 Å². The minimum absolute atomic E-state index is 0.0155. The number of aromatic carboxylic acids is 1. The normalized spacial score (nSPS) is 9.79. The number of benzene rings is 1. The van der Waals surface area contributed by atoms with Crippen molar-refractivity contribution in [2.75, 3.05) is 11.9 Å². The molecular formula is C13H14BrNO4. The van der Waals surface area contributed by atoms with Crippen molar-refractivity contribution >= 4 is 33.7 Å². The lowest BCUT2D eigenvalue weighted by molar-refractivity contribution is 0.0698. The Morgan fingerprint density at radius 2 is 2.21 bits per heavy atom. The Bertz CT molecular complexity index is 514. The van der Waals surface area contributed by atoms with E-state index in [4.69, 9.17) is 9.84 Å². The topological polar surface area (TPSA) is 75.6 Å². The number of carboxylic acids is 1. The summed E-state index contributed by atoms with van der Waals surface area (Å²) < 4.78 is 5.43. The number of hydrogen-bond acceptors (Lipinski definition) is 3. The summed E-state index contributed by atoms with van der Waals surface area (Å²) in [7, 11) is 0. The average molecular weight is 328 g/mol. The zero-order valence-corrected chi connectivity index (χ0v) is 12.0.